The molecule has 2 nitrogen and oxygen atoms in total. The first-order valence-electron chi connectivity index (χ1n) is 7.83. The third-order valence-corrected chi connectivity index (χ3v) is 4.57. The van der Waals surface area contributed by atoms with Crippen LogP contribution in [0.3, 0.4) is 0 Å². The molecule has 118 valence electrons. The summed E-state index contributed by atoms with van der Waals surface area (Å²) in [6.45, 7) is 0.0161. The largest absolute Gasteiger partial charge is 0.392 e. The quantitative estimate of drug-likeness (QED) is 0.459. The highest BCUT2D eigenvalue weighted by Gasteiger charge is 2.13. The summed E-state index contributed by atoms with van der Waals surface area (Å²) in [4.78, 5) is 0. The maximum absolute atomic E-state index is 9.91. The van der Waals surface area contributed by atoms with E-state index in [0.29, 0.717) is 5.02 Å². The van der Waals surface area contributed by atoms with Gasteiger partial charge in [0.15, 0.2) is 0 Å². The van der Waals surface area contributed by atoms with E-state index in [1.165, 1.54) is 0 Å². The molecule has 4 rings (SSSR count). The molecule has 2 N–H and O–H groups in total. The van der Waals surface area contributed by atoms with Crippen LogP contribution in [-0.2, 0) is 6.61 Å². The Morgan fingerprint density at radius 1 is 0.708 bits per heavy atom. The van der Waals surface area contributed by atoms with E-state index in [1.807, 2.05) is 48.5 Å². The lowest BCUT2D eigenvalue weighted by atomic mass is 9.95. The van der Waals surface area contributed by atoms with Crippen molar-refractivity contribution in [1.82, 2.24) is 0 Å². The molecule has 0 atom stereocenters. The second-order valence-electron chi connectivity index (χ2n) is 5.73. The fraction of sp³-hybridized carbons (Fsp3) is 0.0476. The molecule has 0 fully saturated rings. The minimum Gasteiger partial charge on any atom is -0.392 e. The van der Waals surface area contributed by atoms with Gasteiger partial charge in [-0.1, -0.05) is 60.1 Å². The van der Waals surface area contributed by atoms with Gasteiger partial charge in [0.1, 0.15) is 0 Å². The van der Waals surface area contributed by atoms with Crippen molar-refractivity contribution in [1.29, 1.82) is 0 Å². The standard InChI is InChI=1S/C21H16ClNO/c22-14-9-11-15(12-10-14)23-21-18-7-3-1-5-16(18)20(13-24)17-6-2-4-8-19(17)21/h1-12,23-24H,13H2. The Kier molecular flexibility index (Phi) is 3.85. The Morgan fingerprint density at radius 3 is 1.71 bits per heavy atom. The van der Waals surface area contributed by atoms with Crippen LogP contribution < -0.4 is 5.32 Å². The molecule has 0 spiro atoms. The van der Waals surface area contributed by atoms with Crippen molar-refractivity contribution >= 4 is 44.5 Å². The molecule has 0 aliphatic heterocycles. The molecule has 0 aliphatic carbocycles. The molecule has 24 heavy (non-hydrogen) atoms. The molecular formula is C21H16ClNO. The third-order valence-electron chi connectivity index (χ3n) is 4.31. The van der Waals surface area contributed by atoms with E-state index >= 15 is 0 Å². The van der Waals surface area contributed by atoms with Gasteiger partial charge in [-0.25, -0.2) is 0 Å². The molecule has 0 radical (unpaired) electrons. The highest BCUT2D eigenvalue weighted by Crippen LogP contribution is 2.38. The van der Waals surface area contributed by atoms with Gasteiger partial charge >= 0.3 is 0 Å². The zero-order valence-electron chi connectivity index (χ0n) is 13.0. The molecule has 0 unspecified atom stereocenters. The summed E-state index contributed by atoms with van der Waals surface area (Å²) in [7, 11) is 0. The summed E-state index contributed by atoms with van der Waals surface area (Å²) < 4.78 is 0. The minimum absolute atomic E-state index is 0.0161. The molecular weight excluding hydrogens is 318 g/mol. The van der Waals surface area contributed by atoms with Gasteiger partial charge in [-0.05, 0) is 40.6 Å². The Labute approximate surface area is 145 Å². The predicted octanol–water partition coefficient (Wildman–Crippen LogP) is 5.88. The number of aliphatic hydroxyl groups excluding tert-OH is 1. The summed E-state index contributed by atoms with van der Waals surface area (Å²) in [6.07, 6.45) is 0. The number of nitrogens with one attached hydrogen (secondary N) is 1. The Bertz CT molecular complexity index is 968. The number of aliphatic hydroxyl groups is 1. The minimum atomic E-state index is 0.0161. The topological polar surface area (TPSA) is 32.3 Å². The summed E-state index contributed by atoms with van der Waals surface area (Å²) in [6, 6.07) is 24.0. The van der Waals surface area contributed by atoms with Gasteiger partial charge in [0.2, 0.25) is 0 Å². The van der Waals surface area contributed by atoms with E-state index in [9.17, 15) is 5.11 Å². The molecule has 4 aromatic rings. The van der Waals surface area contributed by atoms with Crippen LogP contribution in [0.25, 0.3) is 21.5 Å². The molecule has 0 aliphatic rings. The van der Waals surface area contributed by atoms with Gasteiger partial charge in [-0.2, -0.15) is 0 Å². The molecule has 3 heteroatoms. The van der Waals surface area contributed by atoms with Crippen molar-refractivity contribution in [3.05, 3.63) is 83.4 Å². The fourth-order valence-corrected chi connectivity index (χ4v) is 3.33. The smallest absolute Gasteiger partial charge is 0.0693 e. The average molecular weight is 334 g/mol. The molecule has 0 saturated carbocycles. The Morgan fingerprint density at radius 2 is 1.21 bits per heavy atom. The second-order valence-corrected chi connectivity index (χ2v) is 6.17. The number of rotatable bonds is 3. The predicted molar refractivity (Wildman–Crippen MR) is 102 cm³/mol. The summed E-state index contributed by atoms with van der Waals surface area (Å²) in [5.41, 5.74) is 2.98. The summed E-state index contributed by atoms with van der Waals surface area (Å²) in [5, 5.41) is 18.5. The van der Waals surface area contributed by atoms with Gasteiger partial charge < -0.3 is 10.4 Å². The van der Waals surface area contributed by atoms with E-state index in [1.54, 1.807) is 0 Å². The summed E-state index contributed by atoms with van der Waals surface area (Å²) in [5.74, 6) is 0. The molecule has 4 aromatic carbocycles. The number of hydrogen-bond donors (Lipinski definition) is 2. The first-order valence-corrected chi connectivity index (χ1v) is 8.21. The maximum atomic E-state index is 9.91. The van der Waals surface area contributed by atoms with Crippen LogP contribution in [0.2, 0.25) is 5.02 Å². The van der Waals surface area contributed by atoms with Gasteiger partial charge in [0.25, 0.3) is 0 Å². The molecule has 0 saturated heterocycles. The van der Waals surface area contributed by atoms with Crippen molar-refractivity contribution < 1.29 is 5.11 Å². The highest BCUT2D eigenvalue weighted by molar-refractivity contribution is 6.30. The Balaban J connectivity index is 2.03. The van der Waals surface area contributed by atoms with Crippen LogP contribution in [0.15, 0.2) is 72.8 Å². The molecule has 0 amide bonds. The van der Waals surface area contributed by atoms with Gasteiger partial charge in [-0.15, -0.1) is 0 Å². The molecule has 0 aromatic heterocycles. The van der Waals surface area contributed by atoms with Crippen molar-refractivity contribution in [2.24, 2.45) is 0 Å². The lowest BCUT2D eigenvalue weighted by Crippen LogP contribution is -1.97. The Hall–Kier alpha value is -2.55. The second kappa shape index (κ2) is 6.16. The van der Waals surface area contributed by atoms with Crippen molar-refractivity contribution in [3.63, 3.8) is 0 Å². The van der Waals surface area contributed by atoms with E-state index in [0.717, 1.165) is 38.5 Å². The number of halogens is 1. The highest BCUT2D eigenvalue weighted by atomic mass is 35.5. The van der Waals surface area contributed by atoms with E-state index in [4.69, 9.17) is 11.6 Å². The zero-order chi connectivity index (χ0) is 16.5. The van der Waals surface area contributed by atoms with Crippen LogP contribution in [0.4, 0.5) is 11.4 Å². The maximum Gasteiger partial charge on any atom is 0.0693 e. The van der Waals surface area contributed by atoms with Crippen molar-refractivity contribution in [2.75, 3.05) is 5.32 Å². The van der Waals surface area contributed by atoms with Gasteiger partial charge in [-0.3, -0.25) is 0 Å². The zero-order valence-corrected chi connectivity index (χ0v) is 13.7. The van der Waals surface area contributed by atoms with E-state index in [2.05, 4.69) is 29.6 Å². The van der Waals surface area contributed by atoms with Crippen LogP contribution in [0.5, 0.6) is 0 Å². The van der Waals surface area contributed by atoms with Gasteiger partial charge in [0, 0.05) is 21.5 Å². The third kappa shape index (κ3) is 2.50. The first kappa shape index (κ1) is 15.0. The summed E-state index contributed by atoms with van der Waals surface area (Å²) >= 11 is 5.99. The number of fused-ring (bicyclic) bond motifs is 2. The lowest BCUT2D eigenvalue weighted by molar-refractivity contribution is 0.285. The van der Waals surface area contributed by atoms with Crippen LogP contribution in [-0.4, -0.2) is 5.11 Å². The lowest BCUT2D eigenvalue weighted by Gasteiger charge is -2.17. The fourth-order valence-electron chi connectivity index (χ4n) is 3.20. The van der Waals surface area contributed by atoms with E-state index in [-0.39, 0.29) is 6.61 Å². The number of benzene rings is 4. The van der Waals surface area contributed by atoms with Crippen LogP contribution >= 0.6 is 11.6 Å². The average Bonchev–Trinajstić information content (AvgIpc) is 2.63. The number of anilines is 2. The van der Waals surface area contributed by atoms with Crippen molar-refractivity contribution in [2.45, 2.75) is 6.61 Å². The van der Waals surface area contributed by atoms with Gasteiger partial charge in [0.05, 0.1) is 12.3 Å². The molecule has 0 bridgehead atoms. The van der Waals surface area contributed by atoms with Crippen LogP contribution in [0, 0.1) is 0 Å². The first-order chi connectivity index (χ1) is 11.8. The van der Waals surface area contributed by atoms with Crippen LogP contribution in [0.1, 0.15) is 5.56 Å². The van der Waals surface area contributed by atoms with Crippen molar-refractivity contribution in [3.8, 4) is 0 Å². The van der Waals surface area contributed by atoms with E-state index < -0.39 is 0 Å². The molecule has 0 heterocycles. The SMILES string of the molecule is OCc1c2ccccc2c(Nc2ccc(Cl)cc2)c2ccccc12. The monoisotopic (exact) mass is 333 g/mol. The normalized spacial score (nSPS) is 11.1. The number of hydrogen-bond acceptors (Lipinski definition) is 2.